The first-order valence-corrected chi connectivity index (χ1v) is 9.97. The van der Waals surface area contributed by atoms with Gasteiger partial charge in [0.1, 0.15) is 0 Å². The molecule has 3 rings (SSSR count). The number of hydrogen-bond acceptors (Lipinski definition) is 2. The van der Waals surface area contributed by atoms with Crippen LogP contribution in [-0.4, -0.2) is 31.3 Å². The van der Waals surface area contributed by atoms with Crippen molar-refractivity contribution in [1.82, 2.24) is 4.98 Å². The molecule has 0 radical (unpaired) electrons. The van der Waals surface area contributed by atoms with Gasteiger partial charge in [0.05, 0.1) is 11.1 Å². The van der Waals surface area contributed by atoms with Crippen molar-refractivity contribution in [2.75, 3.05) is 5.75 Å². The minimum Gasteiger partial charge on any atom is -0.478 e. The van der Waals surface area contributed by atoms with Gasteiger partial charge in [0.15, 0.2) is 0 Å². The van der Waals surface area contributed by atoms with Crippen molar-refractivity contribution in [3.63, 3.8) is 0 Å². The molecular weight excluding hydrogens is 378 g/mol. The lowest BCUT2D eigenvalue weighted by atomic mass is 9.88. The molecule has 3 unspecified atom stereocenters. The molecule has 2 heterocycles. The minimum atomic E-state index is -0.936. The van der Waals surface area contributed by atoms with Crippen LogP contribution < -0.4 is 0 Å². The molecule has 1 aromatic carbocycles. The van der Waals surface area contributed by atoms with Crippen LogP contribution >= 0.6 is 15.9 Å². The molecule has 0 amide bonds. The maximum absolute atomic E-state index is 12.2. The van der Waals surface area contributed by atoms with E-state index in [9.17, 15) is 14.1 Å². The Morgan fingerprint density at radius 1 is 1.43 bits per heavy atom. The summed E-state index contributed by atoms with van der Waals surface area (Å²) >= 11 is 3.41. The van der Waals surface area contributed by atoms with Gasteiger partial charge in [0.2, 0.25) is 0 Å². The summed E-state index contributed by atoms with van der Waals surface area (Å²) in [4.78, 5) is 14.6. The van der Waals surface area contributed by atoms with Gasteiger partial charge in [-0.05, 0) is 42.4 Å². The summed E-state index contributed by atoms with van der Waals surface area (Å²) in [5.74, 6) is 0.504. The SMILES string of the molecule is CC(C)C1CC(c2c[nH]c3c(C(=O)O)cc(Br)cc23)CCS1=O. The molecule has 0 saturated carbocycles. The van der Waals surface area contributed by atoms with Gasteiger partial charge in [-0.25, -0.2) is 4.79 Å². The van der Waals surface area contributed by atoms with Gasteiger partial charge in [-0.1, -0.05) is 29.8 Å². The Kier molecular flexibility index (Phi) is 4.65. The zero-order chi connectivity index (χ0) is 16.7. The van der Waals surface area contributed by atoms with E-state index in [1.165, 1.54) is 0 Å². The molecule has 0 bridgehead atoms. The molecule has 1 fully saturated rings. The maximum Gasteiger partial charge on any atom is 0.337 e. The second kappa shape index (κ2) is 6.40. The number of halogens is 1. The van der Waals surface area contributed by atoms with Crippen LogP contribution in [0.25, 0.3) is 10.9 Å². The van der Waals surface area contributed by atoms with Gasteiger partial charge in [0, 0.05) is 37.9 Å². The summed E-state index contributed by atoms with van der Waals surface area (Å²) in [6.45, 7) is 4.25. The van der Waals surface area contributed by atoms with E-state index in [-0.39, 0.29) is 10.8 Å². The Morgan fingerprint density at radius 2 is 2.17 bits per heavy atom. The van der Waals surface area contributed by atoms with Crippen LogP contribution in [0.4, 0.5) is 0 Å². The lowest BCUT2D eigenvalue weighted by Gasteiger charge is -2.31. The number of nitrogens with one attached hydrogen (secondary N) is 1. The first-order chi connectivity index (χ1) is 10.9. The van der Waals surface area contributed by atoms with Crippen LogP contribution in [0.15, 0.2) is 22.8 Å². The lowest BCUT2D eigenvalue weighted by Crippen LogP contribution is -2.31. The number of carboxylic acid groups (broad SMARTS) is 1. The second-order valence-electron chi connectivity index (χ2n) is 6.51. The van der Waals surface area contributed by atoms with Gasteiger partial charge in [-0.15, -0.1) is 0 Å². The highest BCUT2D eigenvalue weighted by Gasteiger charge is 2.32. The first-order valence-electron chi connectivity index (χ1n) is 7.79. The van der Waals surface area contributed by atoms with E-state index in [0.717, 1.165) is 34.0 Å². The summed E-state index contributed by atoms with van der Waals surface area (Å²) in [5, 5.41) is 10.6. The van der Waals surface area contributed by atoms with Crippen molar-refractivity contribution in [3.05, 3.63) is 33.9 Å². The van der Waals surface area contributed by atoms with E-state index in [2.05, 4.69) is 34.8 Å². The third-order valence-corrected chi connectivity index (χ3v) is 7.23. The molecule has 1 aliphatic rings. The molecule has 1 aliphatic heterocycles. The number of aromatic amines is 1. The Bertz CT molecular complexity index is 783. The number of carbonyl (C=O) groups is 1. The summed E-state index contributed by atoms with van der Waals surface area (Å²) in [7, 11) is -0.754. The molecular formula is C17H20BrNO3S. The fourth-order valence-electron chi connectivity index (χ4n) is 3.50. The molecule has 1 saturated heterocycles. The smallest absolute Gasteiger partial charge is 0.337 e. The zero-order valence-corrected chi connectivity index (χ0v) is 15.5. The molecule has 6 heteroatoms. The Hall–Kier alpha value is -1.14. The van der Waals surface area contributed by atoms with Crippen LogP contribution in [0.3, 0.4) is 0 Å². The van der Waals surface area contributed by atoms with E-state index in [1.54, 1.807) is 6.07 Å². The number of aromatic nitrogens is 1. The Morgan fingerprint density at radius 3 is 2.83 bits per heavy atom. The number of aromatic carboxylic acids is 1. The third kappa shape index (κ3) is 3.11. The number of H-pyrrole nitrogens is 1. The first kappa shape index (κ1) is 16.7. The Balaban J connectivity index is 2.04. The summed E-state index contributed by atoms with van der Waals surface area (Å²) in [6.07, 6.45) is 3.71. The van der Waals surface area contributed by atoms with Crippen LogP contribution in [-0.2, 0) is 10.8 Å². The number of rotatable bonds is 3. The molecule has 2 N–H and O–H groups in total. The average molecular weight is 398 g/mol. The van der Waals surface area contributed by atoms with E-state index in [4.69, 9.17) is 0 Å². The molecule has 3 atom stereocenters. The number of fused-ring (bicyclic) bond motifs is 1. The summed E-state index contributed by atoms with van der Waals surface area (Å²) in [5.41, 5.74) is 2.09. The quantitative estimate of drug-likeness (QED) is 0.811. The molecule has 2 aromatic rings. The fourth-order valence-corrected chi connectivity index (χ4v) is 5.83. The number of hydrogen-bond donors (Lipinski definition) is 2. The second-order valence-corrected chi connectivity index (χ2v) is 9.20. The van der Waals surface area contributed by atoms with E-state index < -0.39 is 16.8 Å². The van der Waals surface area contributed by atoms with Crippen LogP contribution in [0, 0.1) is 5.92 Å². The minimum absolute atomic E-state index is 0.213. The van der Waals surface area contributed by atoms with Crippen molar-refractivity contribution in [2.45, 2.75) is 37.9 Å². The highest BCUT2D eigenvalue weighted by molar-refractivity contribution is 9.10. The van der Waals surface area contributed by atoms with Crippen molar-refractivity contribution in [2.24, 2.45) is 5.92 Å². The van der Waals surface area contributed by atoms with Crippen LogP contribution in [0.5, 0.6) is 0 Å². The zero-order valence-electron chi connectivity index (χ0n) is 13.1. The highest BCUT2D eigenvalue weighted by atomic mass is 79.9. The van der Waals surface area contributed by atoms with Gasteiger partial charge >= 0.3 is 5.97 Å². The van der Waals surface area contributed by atoms with E-state index >= 15 is 0 Å². The predicted octanol–water partition coefficient (Wildman–Crippen LogP) is 4.28. The topological polar surface area (TPSA) is 70.2 Å². The molecule has 1 aromatic heterocycles. The predicted molar refractivity (Wildman–Crippen MR) is 96.6 cm³/mol. The molecule has 4 nitrogen and oxygen atoms in total. The number of carboxylic acids is 1. The van der Waals surface area contributed by atoms with Gasteiger partial charge < -0.3 is 10.1 Å². The molecule has 0 spiro atoms. The standard InChI is InChI=1S/C17H20BrNO3S/c1-9(2)15-5-10(3-4-23(15)22)14-8-19-16-12(14)6-11(18)7-13(16)17(20)21/h6-10,15,19H,3-5H2,1-2H3,(H,20,21). The van der Waals surface area contributed by atoms with Crippen molar-refractivity contribution < 1.29 is 14.1 Å². The van der Waals surface area contributed by atoms with Crippen molar-refractivity contribution in [1.29, 1.82) is 0 Å². The lowest BCUT2D eigenvalue weighted by molar-refractivity contribution is 0.0698. The molecule has 23 heavy (non-hydrogen) atoms. The molecule has 0 aliphatic carbocycles. The van der Waals surface area contributed by atoms with Gasteiger partial charge in [-0.2, -0.15) is 0 Å². The summed E-state index contributed by atoms with van der Waals surface area (Å²) < 4.78 is 13.0. The number of benzene rings is 1. The van der Waals surface area contributed by atoms with Gasteiger partial charge in [-0.3, -0.25) is 4.21 Å². The Labute approximate surface area is 146 Å². The highest BCUT2D eigenvalue weighted by Crippen LogP contribution is 2.39. The summed E-state index contributed by atoms with van der Waals surface area (Å²) in [6, 6.07) is 3.60. The van der Waals surface area contributed by atoms with E-state index in [1.807, 2.05) is 12.3 Å². The monoisotopic (exact) mass is 397 g/mol. The molecule has 124 valence electrons. The maximum atomic E-state index is 12.2. The largest absolute Gasteiger partial charge is 0.478 e. The van der Waals surface area contributed by atoms with E-state index in [0.29, 0.717) is 17.4 Å². The average Bonchev–Trinajstić information content (AvgIpc) is 2.90. The van der Waals surface area contributed by atoms with Crippen LogP contribution in [0.2, 0.25) is 0 Å². The third-order valence-electron chi connectivity index (χ3n) is 4.72. The van der Waals surface area contributed by atoms with Crippen LogP contribution in [0.1, 0.15) is 48.5 Å². The van der Waals surface area contributed by atoms with Crippen molar-refractivity contribution >= 4 is 43.6 Å². The normalized spacial score (nSPS) is 25.1. The fraction of sp³-hybridized carbons (Fsp3) is 0.471. The van der Waals surface area contributed by atoms with Crippen molar-refractivity contribution in [3.8, 4) is 0 Å². The van der Waals surface area contributed by atoms with Gasteiger partial charge in [0.25, 0.3) is 0 Å².